The van der Waals surface area contributed by atoms with Gasteiger partial charge in [-0.1, -0.05) is 12.1 Å². The Hall–Kier alpha value is -2.37. The van der Waals surface area contributed by atoms with Gasteiger partial charge in [-0.05, 0) is 18.9 Å². The monoisotopic (exact) mass is 273 g/mol. The van der Waals surface area contributed by atoms with Gasteiger partial charge in [0.25, 0.3) is 11.6 Å². The maximum Gasteiger partial charge on any atom is 0.293 e. The number of nitrogens with zero attached hydrogens (tertiary/aromatic N) is 3. The van der Waals surface area contributed by atoms with Gasteiger partial charge >= 0.3 is 0 Å². The van der Waals surface area contributed by atoms with E-state index in [1.807, 2.05) is 13.0 Å². The number of hydrogen-bond donors (Lipinski definition) is 0. The van der Waals surface area contributed by atoms with E-state index in [1.165, 1.54) is 6.07 Å². The third-order valence-electron chi connectivity index (χ3n) is 3.92. The second kappa shape index (κ2) is 4.33. The van der Waals surface area contributed by atoms with Gasteiger partial charge in [-0.2, -0.15) is 0 Å². The first-order chi connectivity index (χ1) is 9.56. The van der Waals surface area contributed by atoms with Crippen molar-refractivity contribution in [1.82, 2.24) is 9.47 Å². The molecule has 2 aromatic rings. The highest BCUT2D eigenvalue weighted by molar-refractivity contribution is 6.04. The minimum absolute atomic E-state index is 0.0569. The normalized spacial score (nSPS) is 14.7. The number of benzene rings is 1. The number of fused-ring (bicyclic) bond motifs is 3. The smallest absolute Gasteiger partial charge is 0.293 e. The minimum Gasteiger partial charge on any atom is -0.340 e. The van der Waals surface area contributed by atoms with Crippen LogP contribution in [-0.4, -0.2) is 33.9 Å². The van der Waals surface area contributed by atoms with E-state index < -0.39 is 0 Å². The first-order valence-electron chi connectivity index (χ1n) is 6.60. The molecule has 1 aromatic heterocycles. The third-order valence-corrected chi connectivity index (χ3v) is 3.92. The second-order valence-corrected chi connectivity index (χ2v) is 4.98. The van der Waals surface area contributed by atoms with Crippen LogP contribution in [0.25, 0.3) is 10.9 Å². The third kappa shape index (κ3) is 1.54. The molecule has 0 unspecified atom stereocenters. The van der Waals surface area contributed by atoms with Crippen molar-refractivity contribution in [1.29, 1.82) is 0 Å². The number of nitro benzene ring substituents is 1. The van der Waals surface area contributed by atoms with Crippen LogP contribution in [0.1, 0.15) is 23.0 Å². The highest BCUT2D eigenvalue weighted by atomic mass is 16.6. The quantitative estimate of drug-likeness (QED) is 0.622. The predicted octanol–water partition coefficient (Wildman–Crippen LogP) is 2.20. The molecule has 0 N–H and O–H groups in total. The van der Waals surface area contributed by atoms with Crippen molar-refractivity contribution in [3.63, 3.8) is 0 Å². The maximum atomic E-state index is 12.4. The second-order valence-electron chi connectivity index (χ2n) is 4.98. The molecule has 0 spiro atoms. The molecule has 20 heavy (non-hydrogen) atoms. The topological polar surface area (TPSA) is 68.4 Å². The van der Waals surface area contributed by atoms with E-state index in [0.29, 0.717) is 24.3 Å². The van der Waals surface area contributed by atoms with Crippen LogP contribution < -0.4 is 0 Å². The molecular formula is C14H15N3O3. The number of aryl methyl sites for hydroxylation is 1. The molecule has 1 aliphatic rings. The van der Waals surface area contributed by atoms with Gasteiger partial charge in [0.15, 0.2) is 0 Å². The number of likely N-dealkylation sites (N-methyl/N-ethyl adjacent to an activating group) is 1. The lowest BCUT2D eigenvalue weighted by molar-refractivity contribution is -0.383. The summed E-state index contributed by atoms with van der Waals surface area (Å²) < 4.78 is 1.78. The molecule has 1 aliphatic heterocycles. The fraction of sp³-hybridized carbons (Fsp3) is 0.357. The van der Waals surface area contributed by atoms with Gasteiger partial charge in [-0.15, -0.1) is 0 Å². The van der Waals surface area contributed by atoms with Crippen molar-refractivity contribution in [2.75, 3.05) is 13.6 Å². The lowest BCUT2D eigenvalue weighted by Gasteiger charge is -2.24. The average molecular weight is 273 g/mol. The van der Waals surface area contributed by atoms with Gasteiger partial charge in [0.2, 0.25) is 0 Å². The first kappa shape index (κ1) is 12.7. The van der Waals surface area contributed by atoms with Crippen molar-refractivity contribution >= 4 is 22.5 Å². The number of non-ortho nitro benzene ring substituents is 1. The molecule has 0 atom stereocenters. The number of para-hydroxylation sites is 1. The van der Waals surface area contributed by atoms with Gasteiger partial charge < -0.3 is 9.47 Å². The van der Waals surface area contributed by atoms with Crippen LogP contribution in [-0.2, 0) is 13.0 Å². The zero-order chi connectivity index (χ0) is 14.4. The SMILES string of the molecule is CCn1c2c(c3cccc([N+](=O)[O-])c31)CCN(C)C2=O. The summed E-state index contributed by atoms with van der Waals surface area (Å²) in [6.45, 7) is 3.09. The van der Waals surface area contributed by atoms with Gasteiger partial charge in [-0.3, -0.25) is 14.9 Å². The van der Waals surface area contributed by atoms with Gasteiger partial charge in [-0.25, -0.2) is 0 Å². The summed E-state index contributed by atoms with van der Waals surface area (Å²) >= 11 is 0. The Labute approximate surface area is 115 Å². The summed E-state index contributed by atoms with van der Waals surface area (Å²) in [4.78, 5) is 24.9. The Balaban J connectivity index is 2.44. The summed E-state index contributed by atoms with van der Waals surface area (Å²) in [7, 11) is 1.76. The van der Waals surface area contributed by atoms with Crippen LogP contribution in [0.4, 0.5) is 5.69 Å². The number of carbonyl (C=O) groups is 1. The van der Waals surface area contributed by atoms with Crippen molar-refractivity contribution in [2.24, 2.45) is 0 Å². The summed E-state index contributed by atoms with van der Waals surface area (Å²) in [6, 6.07) is 5.05. The van der Waals surface area contributed by atoms with E-state index in [9.17, 15) is 14.9 Å². The lowest BCUT2D eigenvalue weighted by Crippen LogP contribution is -2.35. The Morgan fingerprint density at radius 2 is 2.15 bits per heavy atom. The van der Waals surface area contributed by atoms with E-state index in [-0.39, 0.29) is 16.5 Å². The fourth-order valence-corrected chi connectivity index (χ4v) is 2.98. The minimum atomic E-state index is -0.381. The molecule has 0 bridgehead atoms. The molecule has 104 valence electrons. The zero-order valence-corrected chi connectivity index (χ0v) is 11.4. The van der Waals surface area contributed by atoms with E-state index in [0.717, 1.165) is 17.4 Å². The number of amides is 1. The highest BCUT2D eigenvalue weighted by Gasteiger charge is 2.31. The summed E-state index contributed by atoms with van der Waals surface area (Å²) in [5, 5.41) is 12.1. The molecule has 0 fully saturated rings. The van der Waals surface area contributed by atoms with Crippen LogP contribution in [0.2, 0.25) is 0 Å². The number of hydrogen-bond acceptors (Lipinski definition) is 3. The largest absolute Gasteiger partial charge is 0.340 e. The molecule has 6 heteroatoms. The van der Waals surface area contributed by atoms with Crippen molar-refractivity contribution < 1.29 is 9.72 Å². The summed E-state index contributed by atoms with van der Waals surface area (Å²) in [6.07, 6.45) is 0.738. The molecule has 3 rings (SSSR count). The molecule has 0 radical (unpaired) electrons. The standard InChI is InChI=1S/C14H15N3O3/c1-3-16-12-9(5-4-6-11(12)17(19)20)10-7-8-15(2)14(18)13(10)16/h4-6H,3,7-8H2,1-2H3. The van der Waals surface area contributed by atoms with E-state index >= 15 is 0 Å². The predicted molar refractivity (Wildman–Crippen MR) is 74.9 cm³/mol. The molecule has 0 saturated heterocycles. The Kier molecular flexibility index (Phi) is 2.74. The Morgan fingerprint density at radius 1 is 1.40 bits per heavy atom. The lowest BCUT2D eigenvalue weighted by atomic mass is 10.0. The number of nitro groups is 1. The van der Waals surface area contributed by atoms with Crippen LogP contribution in [0.3, 0.4) is 0 Å². The van der Waals surface area contributed by atoms with Gasteiger partial charge in [0, 0.05) is 31.6 Å². The van der Waals surface area contributed by atoms with Gasteiger partial charge in [0.1, 0.15) is 11.2 Å². The van der Waals surface area contributed by atoms with E-state index in [2.05, 4.69) is 0 Å². The maximum absolute atomic E-state index is 12.4. The average Bonchev–Trinajstić information content (AvgIpc) is 2.77. The van der Waals surface area contributed by atoms with E-state index in [1.54, 1.807) is 22.6 Å². The van der Waals surface area contributed by atoms with E-state index in [4.69, 9.17) is 0 Å². The summed E-state index contributed by atoms with van der Waals surface area (Å²) in [5.41, 5.74) is 2.17. The summed E-state index contributed by atoms with van der Waals surface area (Å²) in [5.74, 6) is -0.0569. The highest BCUT2D eigenvalue weighted by Crippen LogP contribution is 2.35. The number of carbonyl (C=O) groups excluding carboxylic acids is 1. The van der Waals surface area contributed by atoms with Gasteiger partial charge in [0.05, 0.1) is 4.92 Å². The molecule has 2 heterocycles. The number of aromatic nitrogens is 1. The molecule has 0 saturated carbocycles. The fourth-order valence-electron chi connectivity index (χ4n) is 2.98. The molecular weight excluding hydrogens is 258 g/mol. The van der Waals surface area contributed by atoms with Crippen LogP contribution in [0.15, 0.2) is 18.2 Å². The van der Waals surface area contributed by atoms with Crippen LogP contribution in [0.5, 0.6) is 0 Å². The Morgan fingerprint density at radius 3 is 2.80 bits per heavy atom. The Bertz CT molecular complexity index is 733. The van der Waals surface area contributed by atoms with Crippen molar-refractivity contribution in [2.45, 2.75) is 19.9 Å². The zero-order valence-electron chi connectivity index (χ0n) is 11.4. The van der Waals surface area contributed by atoms with Crippen molar-refractivity contribution in [3.8, 4) is 0 Å². The molecule has 6 nitrogen and oxygen atoms in total. The number of rotatable bonds is 2. The molecule has 0 aliphatic carbocycles. The molecule has 1 aromatic carbocycles. The van der Waals surface area contributed by atoms with Crippen LogP contribution in [0, 0.1) is 10.1 Å². The van der Waals surface area contributed by atoms with Crippen LogP contribution >= 0.6 is 0 Å². The molecule has 1 amide bonds. The first-order valence-corrected chi connectivity index (χ1v) is 6.60. The van der Waals surface area contributed by atoms with Crippen molar-refractivity contribution in [3.05, 3.63) is 39.6 Å².